The van der Waals surface area contributed by atoms with Crippen molar-refractivity contribution < 1.29 is 24.5 Å². The van der Waals surface area contributed by atoms with Crippen LogP contribution in [0.3, 0.4) is 0 Å². The van der Waals surface area contributed by atoms with Gasteiger partial charge in [-0.3, -0.25) is 0 Å². The molecule has 8 heteroatoms. The van der Waals surface area contributed by atoms with Gasteiger partial charge in [-0.2, -0.15) is 0 Å². The van der Waals surface area contributed by atoms with E-state index in [1.54, 1.807) is 0 Å². The van der Waals surface area contributed by atoms with E-state index in [2.05, 4.69) is 0 Å². The number of nitro benzene ring substituents is 1. The number of hydrogen-bond donors (Lipinski definition) is 4. The van der Waals surface area contributed by atoms with Crippen molar-refractivity contribution in [1.29, 1.82) is 0 Å². The van der Waals surface area contributed by atoms with E-state index >= 15 is 0 Å². The zero-order valence-electron chi connectivity index (χ0n) is 6.81. The summed E-state index contributed by atoms with van der Waals surface area (Å²) >= 11 is 0. The Hall–Kier alpha value is -1.11. The van der Waals surface area contributed by atoms with Crippen LogP contribution in [0.15, 0.2) is 24.3 Å². The topological polar surface area (TPSA) is 124 Å². The van der Waals surface area contributed by atoms with Crippen molar-refractivity contribution in [3.63, 3.8) is 0 Å². The predicted octanol–water partition coefficient (Wildman–Crippen LogP) is -0.597. The molecule has 0 amide bonds. The molecule has 1 aromatic rings. The standard InChI is InChI=1S/C6H8NO6P/c8-7(9)5-1-3-6(4-2-5)14(10,11,12)13/h1-4,10-13H. The fraction of sp³-hybridized carbons (Fsp3) is 0. The molecule has 0 heterocycles. The first-order chi connectivity index (χ1) is 6.17. The monoisotopic (exact) mass is 221 g/mol. The van der Waals surface area contributed by atoms with E-state index < -0.39 is 17.7 Å². The SMILES string of the molecule is O=[N+]([O-])c1ccc(P(O)(O)(O)O)cc1. The summed E-state index contributed by atoms with van der Waals surface area (Å²) in [7, 11) is -5.78. The van der Waals surface area contributed by atoms with Crippen molar-refractivity contribution in [3.05, 3.63) is 34.4 Å². The van der Waals surface area contributed by atoms with Crippen molar-refractivity contribution in [2.45, 2.75) is 0 Å². The first-order valence-corrected chi connectivity index (χ1v) is 5.48. The molecule has 0 aliphatic heterocycles. The third-order valence-electron chi connectivity index (χ3n) is 1.52. The van der Waals surface area contributed by atoms with E-state index in [0.29, 0.717) is 0 Å². The second-order valence-corrected chi connectivity index (χ2v) is 5.10. The molecule has 0 spiro atoms. The van der Waals surface area contributed by atoms with Crippen LogP contribution in [0, 0.1) is 10.1 Å². The molecule has 14 heavy (non-hydrogen) atoms. The van der Waals surface area contributed by atoms with E-state index in [1.165, 1.54) is 0 Å². The van der Waals surface area contributed by atoms with Crippen LogP contribution in [-0.2, 0) is 0 Å². The van der Waals surface area contributed by atoms with Gasteiger partial charge < -0.3 is 0 Å². The minimum absolute atomic E-state index is 0.283. The fourth-order valence-electron chi connectivity index (χ4n) is 0.841. The van der Waals surface area contributed by atoms with Gasteiger partial charge in [0.1, 0.15) is 0 Å². The zero-order chi connectivity index (χ0) is 11.0. The third kappa shape index (κ3) is 2.44. The van der Waals surface area contributed by atoms with Gasteiger partial charge in [0.15, 0.2) is 0 Å². The van der Waals surface area contributed by atoms with Gasteiger partial charge in [-0.05, 0) is 0 Å². The van der Waals surface area contributed by atoms with Gasteiger partial charge in [-0.15, -0.1) is 0 Å². The minimum atomic E-state index is -5.78. The molecule has 78 valence electrons. The normalized spacial score (nSPS) is 14.4. The molecule has 0 fully saturated rings. The Morgan fingerprint density at radius 1 is 1.07 bits per heavy atom. The first kappa shape index (κ1) is 11.0. The van der Waals surface area contributed by atoms with E-state index in [0.717, 1.165) is 24.3 Å². The molecule has 0 saturated heterocycles. The fourth-order valence-corrected chi connectivity index (χ4v) is 1.52. The van der Waals surface area contributed by atoms with Crippen LogP contribution in [0.5, 0.6) is 0 Å². The zero-order valence-corrected chi connectivity index (χ0v) is 7.70. The molecule has 0 aliphatic rings. The Labute approximate surface area is 78.3 Å². The maximum absolute atomic E-state index is 10.2. The van der Waals surface area contributed by atoms with Gasteiger partial charge in [-0.1, -0.05) is 0 Å². The Kier molecular flexibility index (Phi) is 2.31. The summed E-state index contributed by atoms with van der Waals surface area (Å²) in [5, 5.41) is 9.65. The van der Waals surface area contributed by atoms with Crippen molar-refractivity contribution in [2.24, 2.45) is 0 Å². The molecule has 0 unspecified atom stereocenters. The van der Waals surface area contributed by atoms with Crippen LogP contribution < -0.4 is 5.30 Å². The molecule has 4 N–H and O–H groups in total. The van der Waals surface area contributed by atoms with Crippen LogP contribution in [0.1, 0.15) is 0 Å². The average molecular weight is 221 g/mol. The first-order valence-electron chi connectivity index (χ1n) is 3.43. The molecule has 7 nitrogen and oxygen atoms in total. The number of nitrogens with zero attached hydrogens (tertiary/aromatic N) is 1. The maximum atomic E-state index is 10.2. The number of benzene rings is 1. The number of rotatable bonds is 2. The van der Waals surface area contributed by atoms with Crippen LogP contribution in [0.25, 0.3) is 0 Å². The quantitative estimate of drug-likeness (QED) is 0.300. The van der Waals surface area contributed by atoms with Gasteiger partial charge in [0.05, 0.1) is 0 Å². The van der Waals surface area contributed by atoms with Crippen LogP contribution in [0.2, 0.25) is 0 Å². The summed E-state index contributed by atoms with van der Waals surface area (Å²) in [6, 6.07) is 3.62. The Morgan fingerprint density at radius 2 is 1.50 bits per heavy atom. The van der Waals surface area contributed by atoms with Crippen LogP contribution in [-0.4, -0.2) is 24.5 Å². The van der Waals surface area contributed by atoms with Crippen LogP contribution in [0.4, 0.5) is 5.69 Å². The van der Waals surface area contributed by atoms with Gasteiger partial charge in [0.2, 0.25) is 0 Å². The van der Waals surface area contributed by atoms with E-state index in [-0.39, 0.29) is 5.69 Å². The third-order valence-corrected chi connectivity index (χ3v) is 2.74. The molecule has 1 aromatic carbocycles. The summed E-state index contributed by atoms with van der Waals surface area (Å²) in [6.45, 7) is 0. The van der Waals surface area contributed by atoms with Gasteiger partial charge in [0.25, 0.3) is 0 Å². The van der Waals surface area contributed by atoms with Gasteiger partial charge >= 0.3 is 77.4 Å². The average Bonchev–Trinajstić information content (AvgIpc) is 2.01. The van der Waals surface area contributed by atoms with Gasteiger partial charge in [-0.25, -0.2) is 0 Å². The molecule has 0 atom stereocenters. The second-order valence-electron chi connectivity index (χ2n) is 2.71. The molecular weight excluding hydrogens is 213 g/mol. The van der Waals surface area contributed by atoms with E-state index in [4.69, 9.17) is 19.6 Å². The molecule has 1 rings (SSSR count). The summed E-state index contributed by atoms with van der Waals surface area (Å²) in [5.74, 6) is 0. The molecule has 0 saturated carbocycles. The summed E-state index contributed by atoms with van der Waals surface area (Å²) in [5.41, 5.74) is -0.283. The number of hydrogen-bond acceptors (Lipinski definition) is 6. The molecule has 0 radical (unpaired) electrons. The van der Waals surface area contributed by atoms with Crippen molar-refractivity contribution in [3.8, 4) is 0 Å². The predicted molar refractivity (Wildman–Crippen MR) is 48.5 cm³/mol. The molecular formula is C6H8NO6P. The molecule has 0 aromatic heterocycles. The summed E-state index contributed by atoms with van der Waals surface area (Å²) < 4.78 is 0. The summed E-state index contributed by atoms with van der Waals surface area (Å²) in [4.78, 5) is 44.8. The Morgan fingerprint density at radius 3 is 1.79 bits per heavy atom. The van der Waals surface area contributed by atoms with E-state index in [9.17, 15) is 10.1 Å². The van der Waals surface area contributed by atoms with Crippen molar-refractivity contribution in [1.82, 2.24) is 0 Å². The summed E-state index contributed by atoms with van der Waals surface area (Å²) in [6.07, 6.45) is 0. The van der Waals surface area contributed by atoms with E-state index in [1.807, 2.05) is 0 Å². The molecule has 0 bridgehead atoms. The Balaban J connectivity index is 3.13. The van der Waals surface area contributed by atoms with Crippen molar-refractivity contribution in [2.75, 3.05) is 0 Å². The van der Waals surface area contributed by atoms with Crippen molar-refractivity contribution >= 4 is 18.5 Å². The molecule has 0 aliphatic carbocycles. The Bertz CT molecular complexity index is 357. The number of non-ortho nitro benzene ring substituents is 1. The number of nitro groups is 1. The van der Waals surface area contributed by atoms with Crippen LogP contribution >= 0.6 is 7.51 Å². The second kappa shape index (κ2) is 2.94. The van der Waals surface area contributed by atoms with Gasteiger partial charge in [0, 0.05) is 0 Å².